The topological polar surface area (TPSA) is 47.6 Å². The fourth-order valence-corrected chi connectivity index (χ4v) is 0.697. The average Bonchev–Trinajstić information content (AvgIpc) is 1.94. The summed E-state index contributed by atoms with van der Waals surface area (Å²) in [5.74, 6) is 4.89. The van der Waals surface area contributed by atoms with E-state index in [1.54, 1.807) is 6.20 Å². The molecule has 0 spiro atoms. The summed E-state index contributed by atoms with van der Waals surface area (Å²) in [4.78, 5) is 8.50. The third-order valence-corrected chi connectivity index (χ3v) is 1.18. The molecule has 1 rings (SSSR count). The van der Waals surface area contributed by atoms with E-state index in [2.05, 4.69) is 9.83 Å². The molecule has 58 valence electrons. The molecule has 2 N–H and O–H groups in total. The highest BCUT2D eigenvalue weighted by atomic mass is 16.6. The maximum atomic E-state index is 4.89. The Bertz CT molecular complexity index is 226. The predicted octanol–water partition coefficient (Wildman–Crippen LogP) is 0.957. The maximum Gasteiger partial charge on any atom is 0.110 e. The highest BCUT2D eigenvalue weighted by molar-refractivity contribution is 5.96. The molecule has 0 radical (unpaired) electrons. The van der Waals surface area contributed by atoms with Crippen LogP contribution >= 0.6 is 0 Å². The van der Waals surface area contributed by atoms with Gasteiger partial charge in [0, 0.05) is 6.20 Å². The minimum absolute atomic E-state index is 0.342. The summed E-state index contributed by atoms with van der Waals surface area (Å²) in [5, 5.41) is 0. The monoisotopic (exact) mass is 150 g/mol. The second kappa shape index (κ2) is 4.60. The first kappa shape index (κ1) is 7.91. The van der Waals surface area contributed by atoms with Gasteiger partial charge in [-0.25, -0.2) is 5.90 Å². The fourth-order valence-electron chi connectivity index (χ4n) is 0.697. The summed E-state index contributed by atoms with van der Waals surface area (Å²) >= 11 is 0. The SMILES string of the molecule is NOCC1=N/C=C\C=C\C=C\1. The van der Waals surface area contributed by atoms with Crippen LogP contribution in [0, 0.1) is 0 Å². The molecule has 0 saturated carbocycles. The quantitative estimate of drug-likeness (QED) is 0.596. The van der Waals surface area contributed by atoms with Crippen LogP contribution in [0.5, 0.6) is 0 Å². The number of aliphatic imine (C=N–C) groups is 1. The Labute approximate surface area is 65.5 Å². The Morgan fingerprint density at radius 1 is 1.27 bits per heavy atom. The number of rotatable bonds is 2. The van der Waals surface area contributed by atoms with Crippen molar-refractivity contribution in [3.05, 3.63) is 36.6 Å². The molecule has 0 aromatic heterocycles. The summed E-state index contributed by atoms with van der Waals surface area (Å²) in [6, 6.07) is 0. The third kappa shape index (κ3) is 2.93. The van der Waals surface area contributed by atoms with Gasteiger partial charge in [0.05, 0.1) is 5.71 Å². The smallest absolute Gasteiger partial charge is 0.110 e. The molecule has 3 heteroatoms. The van der Waals surface area contributed by atoms with Gasteiger partial charge in [-0.15, -0.1) is 0 Å². The summed E-state index contributed by atoms with van der Waals surface area (Å²) in [5.41, 5.74) is 0.813. The standard InChI is InChI=1S/C8H10N2O/c9-11-7-8-5-3-1-2-4-6-10-8/h1-6H,7,9H2/b2-1+,3-1?,4-2?,5-3+,6-4-,8-5?,10-6?,10-8+. The van der Waals surface area contributed by atoms with E-state index < -0.39 is 0 Å². The molecule has 0 bridgehead atoms. The van der Waals surface area contributed by atoms with Crippen molar-refractivity contribution in [2.45, 2.75) is 0 Å². The van der Waals surface area contributed by atoms with Gasteiger partial charge < -0.3 is 0 Å². The molecule has 0 saturated heterocycles. The van der Waals surface area contributed by atoms with Crippen LogP contribution in [0.25, 0.3) is 0 Å². The second-order valence-electron chi connectivity index (χ2n) is 2.02. The average molecular weight is 150 g/mol. The Morgan fingerprint density at radius 3 is 2.91 bits per heavy atom. The second-order valence-corrected chi connectivity index (χ2v) is 2.02. The number of hydrogen-bond acceptors (Lipinski definition) is 3. The zero-order valence-electron chi connectivity index (χ0n) is 6.10. The van der Waals surface area contributed by atoms with Crippen LogP contribution in [0.3, 0.4) is 0 Å². The zero-order chi connectivity index (χ0) is 7.94. The van der Waals surface area contributed by atoms with Crippen molar-refractivity contribution in [1.29, 1.82) is 0 Å². The van der Waals surface area contributed by atoms with Crippen molar-refractivity contribution in [3.8, 4) is 0 Å². The molecular formula is C8H10N2O. The van der Waals surface area contributed by atoms with Gasteiger partial charge in [-0.3, -0.25) is 9.83 Å². The van der Waals surface area contributed by atoms with Crippen molar-refractivity contribution in [1.82, 2.24) is 0 Å². The van der Waals surface area contributed by atoms with Gasteiger partial charge >= 0.3 is 0 Å². The molecule has 0 fully saturated rings. The summed E-state index contributed by atoms with van der Waals surface area (Å²) in [6.45, 7) is 0.342. The molecular weight excluding hydrogens is 140 g/mol. The van der Waals surface area contributed by atoms with E-state index in [0.717, 1.165) is 5.71 Å². The highest BCUT2D eigenvalue weighted by Crippen LogP contribution is 1.91. The fraction of sp³-hybridized carbons (Fsp3) is 0.125. The van der Waals surface area contributed by atoms with Gasteiger partial charge in [0.1, 0.15) is 6.61 Å². The molecule has 1 aliphatic heterocycles. The number of allylic oxidation sites excluding steroid dienone is 4. The van der Waals surface area contributed by atoms with Crippen LogP contribution in [-0.4, -0.2) is 12.3 Å². The normalized spacial score (nSPS) is 29.4. The third-order valence-electron chi connectivity index (χ3n) is 1.18. The van der Waals surface area contributed by atoms with Crippen LogP contribution < -0.4 is 5.90 Å². The first-order chi connectivity index (χ1) is 5.43. The lowest BCUT2D eigenvalue weighted by Crippen LogP contribution is -2.09. The van der Waals surface area contributed by atoms with E-state index in [1.807, 2.05) is 30.4 Å². The number of nitrogens with zero attached hydrogens (tertiary/aromatic N) is 1. The predicted molar refractivity (Wildman–Crippen MR) is 45.0 cm³/mol. The molecule has 3 nitrogen and oxygen atoms in total. The number of hydrogen-bond donors (Lipinski definition) is 1. The highest BCUT2D eigenvalue weighted by Gasteiger charge is 1.90. The molecule has 0 unspecified atom stereocenters. The largest absolute Gasteiger partial charge is 0.298 e. The van der Waals surface area contributed by atoms with Gasteiger partial charge in [-0.2, -0.15) is 0 Å². The first-order valence-electron chi connectivity index (χ1n) is 3.32. The lowest BCUT2D eigenvalue weighted by atomic mass is 10.3. The lowest BCUT2D eigenvalue weighted by Gasteiger charge is -1.96. The lowest BCUT2D eigenvalue weighted by molar-refractivity contribution is 0.178. The van der Waals surface area contributed by atoms with Crippen LogP contribution in [0.4, 0.5) is 0 Å². The van der Waals surface area contributed by atoms with Crippen LogP contribution in [0.2, 0.25) is 0 Å². The molecule has 0 atom stereocenters. The molecule has 0 amide bonds. The maximum absolute atomic E-state index is 4.89. The summed E-state index contributed by atoms with van der Waals surface area (Å²) < 4.78 is 0. The minimum Gasteiger partial charge on any atom is -0.298 e. The van der Waals surface area contributed by atoms with Crippen molar-refractivity contribution in [2.75, 3.05) is 6.61 Å². The summed E-state index contributed by atoms with van der Waals surface area (Å²) in [6.07, 6.45) is 11.1. The molecule has 0 aliphatic carbocycles. The molecule has 0 aromatic rings. The Kier molecular flexibility index (Phi) is 3.31. The van der Waals surface area contributed by atoms with Crippen LogP contribution in [0.1, 0.15) is 0 Å². The molecule has 1 heterocycles. The zero-order valence-corrected chi connectivity index (χ0v) is 6.10. The van der Waals surface area contributed by atoms with E-state index in [9.17, 15) is 0 Å². The van der Waals surface area contributed by atoms with Gasteiger partial charge in [-0.1, -0.05) is 18.2 Å². The molecule has 0 aromatic carbocycles. The van der Waals surface area contributed by atoms with Gasteiger partial charge in [0.25, 0.3) is 0 Å². The van der Waals surface area contributed by atoms with E-state index in [1.165, 1.54) is 0 Å². The van der Waals surface area contributed by atoms with Gasteiger partial charge in [-0.05, 0) is 12.2 Å². The van der Waals surface area contributed by atoms with E-state index in [4.69, 9.17) is 5.90 Å². The Morgan fingerprint density at radius 2 is 2.09 bits per heavy atom. The first-order valence-corrected chi connectivity index (χ1v) is 3.32. The van der Waals surface area contributed by atoms with Crippen molar-refractivity contribution >= 4 is 5.71 Å². The summed E-state index contributed by atoms with van der Waals surface area (Å²) in [7, 11) is 0. The van der Waals surface area contributed by atoms with Crippen LogP contribution in [0.15, 0.2) is 41.6 Å². The molecule has 11 heavy (non-hydrogen) atoms. The van der Waals surface area contributed by atoms with E-state index >= 15 is 0 Å². The molecule has 1 aliphatic rings. The Balaban J connectivity index is 2.62. The van der Waals surface area contributed by atoms with E-state index in [0.29, 0.717) is 6.61 Å². The minimum atomic E-state index is 0.342. The van der Waals surface area contributed by atoms with Crippen molar-refractivity contribution in [3.63, 3.8) is 0 Å². The van der Waals surface area contributed by atoms with Crippen molar-refractivity contribution in [2.24, 2.45) is 10.9 Å². The number of nitrogens with two attached hydrogens (primary N) is 1. The van der Waals surface area contributed by atoms with Gasteiger partial charge in [0.15, 0.2) is 0 Å². The van der Waals surface area contributed by atoms with Crippen LogP contribution in [-0.2, 0) is 4.84 Å². The van der Waals surface area contributed by atoms with Crippen molar-refractivity contribution < 1.29 is 4.84 Å². The Hall–Kier alpha value is -1.19. The van der Waals surface area contributed by atoms with Gasteiger partial charge in [0.2, 0.25) is 0 Å². The van der Waals surface area contributed by atoms with E-state index in [-0.39, 0.29) is 0 Å².